The number of hydrogen-bond donors (Lipinski definition) is 1. The molecule has 1 amide bonds. The predicted molar refractivity (Wildman–Crippen MR) is 129 cm³/mol. The van der Waals surface area contributed by atoms with Crippen LogP contribution in [0.4, 0.5) is 0 Å². The number of benzene rings is 2. The van der Waals surface area contributed by atoms with Gasteiger partial charge in [0.15, 0.2) is 0 Å². The van der Waals surface area contributed by atoms with E-state index < -0.39 is 15.7 Å². The van der Waals surface area contributed by atoms with Crippen LogP contribution in [-0.2, 0) is 21.2 Å². The highest BCUT2D eigenvalue weighted by Crippen LogP contribution is 2.32. The smallest absolute Gasteiger partial charge is 0.283 e. The van der Waals surface area contributed by atoms with Gasteiger partial charge in [-0.2, -0.15) is 9.39 Å². The summed E-state index contributed by atoms with van der Waals surface area (Å²) in [6, 6.07) is 15.0. The minimum absolute atomic E-state index is 0.0277. The van der Waals surface area contributed by atoms with Crippen molar-refractivity contribution < 1.29 is 17.9 Å². The molecule has 1 N–H and O–H groups in total. The number of halogens is 1. The molecule has 8 nitrogen and oxygen atoms in total. The number of carbonyl (C=O) groups excluding carboxylic acids is 1. The first-order valence-corrected chi connectivity index (χ1v) is 12.7. The standard InChI is InChI=1S/C21H17BrN4O4S2/c1-2-32(28,29)21-25-31-20-24-19(27)15(18(23)26(20)21)10-14-8-9-17(16(22)11-14)30-12-13-6-4-3-5-7-13/h3-11,23H,2,12H2,1H3/b15-10-,23-18?. The van der Waals surface area contributed by atoms with Gasteiger partial charge < -0.3 is 4.74 Å². The average Bonchev–Trinajstić information content (AvgIpc) is 3.21. The molecule has 0 bridgehead atoms. The van der Waals surface area contributed by atoms with Crippen LogP contribution in [0.15, 0.2) is 68.0 Å². The van der Waals surface area contributed by atoms with Gasteiger partial charge in [0.2, 0.25) is 20.2 Å². The van der Waals surface area contributed by atoms with Gasteiger partial charge in [-0.3, -0.25) is 10.2 Å². The largest absolute Gasteiger partial charge is 0.488 e. The molecule has 0 spiro atoms. The lowest BCUT2D eigenvalue weighted by molar-refractivity contribution is -0.114. The predicted octanol–water partition coefficient (Wildman–Crippen LogP) is 4.04. The van der Waals surface area contributed by atoms with Crippen molar-refractivity contribution in [2.24, 2.45) is 9.39 Å². The van der Waals surface area contributed by atoms with E-state index in [1.54, 1.807) is 18.2 Å². The Bertz CT molecular complexity index is 1300. The molecule has 11 heteroatoms. The summed E-state index contributed by atoms with van der Waals surface area (Å²) in [7, 11) is -3.69. The third-order valence-corrected chi connectivity index (χ3v) is 7.68. The summed E-state index contributed by atoms with van der Waals surface area (Å²) in [6.45, 7) is 1.90. The molecule has 0 fully saturated rings. The second kappa shape index (κ2) is 9.00. The number of fused-ring (bicyclic) bond motifs is 1. The molecule has 0 saturated heterocycles. The Hall–Kier alpha value is -2.76. The molecule has 2 aliphatic heterocycles. The lowest BCUT2D eigenvalue weighted by Gasteiger charge is -2.24. The SMILES string of the molecule is CCS(=O)(=O)C1=NSC2=NC(=O)/C(=C\c3ccc(OCc4ccccc4)c(Br)c3)C(=N)N21. The minimum Gasteiger partial charge on any atom is -0.488 e. The van der Waals surface area contributed by atoms with E-state index in [1.165, 1.54) is 13.0 Å². The van der Waals surface area contributed by atoms with Crippen LogP contribution in [0.5, 0.6) is 5.75 Å². The summed E-state index contributed by atoms with van der Waals surface area (Å²) in [5.41, 5.74) is 1.63. The van der Waals surface area contributed by atoms with Crippen LogP contribution in [0.3, 0.4) is 0 Å². The average molecular weight is 533 g/mol. The third-order valence-electron chi connectivity index (χ3n) is 4.66. The summed E-state index contributed by atoms with van der Waals surface area (Å²) >= 11 is 4.25. The fourth-order valence-electron chi connectivity index (χ4n) is 2.95. The van der Waals surface area contributed by atoms with E-state index in [9.17, 15) is 13.2 Å². The van der Waals surface area contributed by atoms with Gasteiger partial charge in [0.05, 0.1) is 27.7 Å². The second-order valence-electron chi connectivity index (χ2n) is 6.77. The summed E-state index contributed by atoms with van der Waals surface area (Å²) in [4.78, 5) is 17.5. The van der Waals surface area contributed by atoms with Crippen molar-refractivity contribution in [2.75, 3.05) is 5.75 Å². The van der Waals surface area contributed by atoms with Crippen molar-refractivity contribution in [3.05, 3.63) is 69.7 Å². The van der Waals surface area contributed by atoms with E-state index in [2.05, 4.69) is 25.3 Å². The van der Waals surface area contributed by atoms with E-state index in [4.69, 9.17) is 10.1 Å². The van der Waals surface area contributed by atoms with E-state index >= 15 is 0 Å². The Morgan fingerprint density at radius 2 is 1.97 bits per heavy atom. The van der Waals surface area contributed by atoms with Crippen molar-refractivity contribution in [1.82, 2.24) is 4.90 Å². The molecule has 2 aromatic carbocycles. The number of rotatable bonds is 5. The Morgan fingerprint density at radius 3 is 2.66 bits per heavy atom. The van der Waals surface area contributed by atoms with Gasteiger partial charge in [0.1, 0.15) is 18.2 Å². The molecule has 0 saturated carbocycles. The van der Waals surface area contributed by atoms with Gasteiger partial charge in [0, 0.05) is 0 Å². The third kappa shape index (κ3) is 4.41. The van der Waals surface area contributed by atoms with Crippen LogP contribution in [0.2, 0.25) is 0 Å². The summed E-state index contributed by atoms with van der Waals surface area (Å²) in [5, 5.41) is 8.24. The molecule has 2 aliphatic rings. The van der Waals surface area contributed by atoms with Crippen molar-refractivity contribution >= 4 is 65.9 Å². The van der Waals surface area contributed by atoms with Crippen molar-refractivity contribution in [3.8, 4) is 5.75 Å². The highest BCUT2D eigenvalue weighted by Gasteiger charge is 2.42. The van der Waals surface area contributed by atoms with E-state index in [0.29, 0.717) is 22.4 Å². The lowest BCUT2D eigenvalue weighted by atomic mass is 10.1. The molecule has 0 atom stereocenters. The highest BCUT2D eigenvalue weighted by molar-refractivity contribution is 9.10. The van der Waals surface area contributed by atoms with Gasteiger partial charge >= 0.3 is 0 Å². The first kappa shape index (κ1) is 22.4. The first-order valence-electron chi connectivity index (χ1n) is 9.48. The molecule has 2 heterocycles. The van der Waals surface area contributed by atoms with Gasteiger partial charge in [-0.25, -0.2) is 13.3 Å². The molecule has 32 heavy (non-hydrogen) atoms. The molecule has 0 aromatic heterocycles. The van der Waals surface area contributed by atoms with E-state index in [-0.39, 0.29) is 27.5 Å². The van der Waals surface area contributed by atoms with Crippen LogP contribution in [-0.4, -0.2) is 41.1 Å². The van der Waals surface area contributed by atoms with Gasteiger partial charge in [-0.1, -0.05) is 43.3 Å². The number of amides is 1. The number of ether oxygens (including phenoxy) is 1. The molecular weight excluding hydrogens is 516 g/mol. The van der Waals surface area contributed by atoms with Crippen LogP contribution >= 0.6 is 27.9 Å². The zero-order chi connectivity index (χ0) is 22.9. The van der Waals surface area contributed by atoms with Crippen molar-refractivity contribution in [2.45, 2.75) is 13.5 Å². The minimum atomic E-state index is -3.69. The number of nitrogens with zero attached hydrogens (tertiary/aromatic N) is 3. The number of nitrogens with one attached hydrogen (secondary N) is 1. The van der Waals surface area contributed by atoms with Gasteiger partial charge in [-0.15, -0.1) is 0 Å². The molecule has 164 valence electrons. The Morgan fingerprint density at radius 1 is 1.22 bits per heavy atom. The highest BCUT2D eigenvalue weighted by atomic mass is 79.9. The van der Waals surface area contributed by atoms with Crippen molar-refractivity contribution in [1.29, 1.82) is 5.41 Å². The summed E-state index contributed by atoms with van der Waals surface area (Å²) in [6.07, 6.45) is 1.50. The molecular formula is C21H17BrN4O4S2. The Labute approximate surface area is 197 Å². The number of carbonyl (C=O) groups is 1. The molecule has 2 aromatic rings. The Kier molecular flexibility index (Phi) is 6.31. The van der Waals surface area contributed by atoms with Crippen LogP contribution in [0.1, 0.15) is 18.1 Å². The van der Waals surface area contributed by atoms with Crippen LogP contribution in [0, 0.1) is 5.41 Å². The molecule has 4 rings (SSSR count). The Balaban J connectivity index is 1.58. The maximum atomic E-state index is 12.5. The first-order chi connectivity index (χ1) is 15.3. The number of aliphatic imine (C=N–C) groups is 1. The van der Waals surface area contributed by atoms with Crippen molar-refractivity contribution in [3.63, 3.8) is 0 Å². The van der Waals surface area contributed by atoms with Gasteiger partial charge in [0.25, 0.3) is 5.91 Å². The van der Waals surface area contributed by atoms with Crippen LogP contribution < -0.4 is 4.74 Å². The van der Waals surface area contributed by atoms with E-state index in [1.807, 2.05) is 30.3 Å². The molecule has 0 aliphatic carbocycles. The zero-order valence-electron chi connectivity index (χ0n) is 16.8. The topological polar surface area (TPSA) is 112 Å². The van der Waals surface area contributed by atoms with Gasteiger partial charge in [-0.05, 0) is 45.3 Å². The fourth-order valence-corrected chi connectivity index (χ4v) is 5.43. The zero-order valence-corrected chi connectivity index (χ0v) is 20.0. The molecule has 0 radical (unpaired) electrons. The summed E-state index contributed by atoms with van der Waals surface area (Å²) < 4.78 is 35.1. The second-order valence-corrected chi connectivity index (χ2v) is 10.5. The fraction of sp³-hybridized carbons (Fsp3) is 0.143. The maximum Gasteiger partial charge on any atom is 0.283 e. The summed E-state index contributed by atoms with van der Waals surface area (Å²) in [5.74, 6) is -0.449. The normalized spacial score (nSPS) is 17.3. The quantitative estimate of drug-likeness (QED) is 0.459. The number of amidine groups is 3. The maximum absolute atomic E-state index is 12.5. The van der Waals surface area contributed by atoms with E-state index in [0.717, 1.165) is 22.4 Å². The lowest BCUT2D eigenvalue weighted by Crippen LogP contribution is -2.45. The number of hydrogen-bond acceptors (Lipinski definition) is 7. The molecule has 0 unspecified atom stereocenters. The number of sulfone groups is 1. The van der Waals surface area contributed by atoms with Crippen LogP contribution in [0.25, 0.3) is 6.08 Å². The monoisotopic (exact) mass is 532 g/mol.